The van der Waals surface area contributed by atoms with Crippen LogP contribution in [0.4, 0.5) is 0 Å². The van der Waals surface area contributed by atoms with Crippen molar-refractivity contribution in [2.45, 2.75) is 30.6 Å². The fraction of sp³-hybridized carbons (Fsp3) is 1.00. The van der Waals surface area contributed by atoms with E-state index in [0.29, 0.717) is 0 Å². The smallest absolute Gasteiger partial charge is 0.207 e. The van der Waals surface area contributed by atoms with Crippen LogP contribution in [0, 0.1) is 0 Å². The van der Waals surface area contributed by atoms with Gasteiger partial charge in [-0.2, -0.15) is 0 Å². The van der Waals surface area contributed by atoms with Gasteiger partial charge in [-0.1, -0.05) is 335 Å². The lowest BCUT2D eigenvalue weighted by molar-refractivity contribution is 0.540. The lowest BCUT2D eigenvalue weighted by Crippen LogP contribution is -2.70. The number of halogens is 21. The van der Waals surface area contributed by atoms with Crippen molar-refractivity contribution in [3.63, 3.8) is 0 Å². The normalized spacial score (nSPS) is 17.7. The zero-order valence-electron chi connectivity index (χ0n) is 14.2. The molecular weight excluding hydrogens is 1860 g/mol. The molecule has 0 heterocycles. The minimum Gasteiger partial charge on any atom is -0.304 e. The van der Waals surface area contributed by atoms with E-state index in [1.807, 2.05) is 0 Å². The highest BCUT2D eigenvalue weighted by atomic mass is 80.0. The molecule has 0 radical (unpaired) electrons. The predicted octanol–water partition coefficient (Wildman–Crippen LogP) is 15.4. The van der Waals surface area contributed by atoms with Crippen LogP contribution in [0.15, 0.2) is 0 Å². The third kappa shape index (κ3) is 7.58. The van der Waals surface area contributed by atoms with Gasteiger partial charge >= 0.3 is 0 Å². The molecular formula is C10HBr21O2S. The third-order valence-corrected chi connectivity index (χ3v) is 48.9. The van der Waals surface area contributed by atoms with Gasteiger partial charge in [-0.05, 0) is 0 Å². The molecule has 24 heteroatoms. The second-order valence-corrected chi connectivity index (χ2v) is 45.8. The monoisotopic (exact) mass is 1840 g/mol. The summed E-state index contributed by atoms with van der Waals surface area (Å²) in [5, 5.41) is 0. The second-order valence-electron chi connectivity index (χ2n) is 5.86. The standard InChI is InChI=1S/C10HBr21O2S/c11-1(12,3(15,16)5(19,20)7(23,24)9(27,28)29)2(13,14)4(17,18)6(21,22)8(25,26)10(30,31)34(32)33/h(H,32,33). The van der Waals surface area contributed by atoms with E-state index in [0.717, 1.165) is 0 Å². The predicted molar refractivity (Wildman–Crippen MR) is 226 cm³/mol. The van der Waals surface area contributed by atoms with E-state index in [1.54, 1.807) is 0 Å². The molecule has 34 heavy (non-hydrogen) atoms. The van der Waals surface area contributed by atoms with Gasteiger partial charge in [0.1, 0.15) is 25.9 Å². The van der Waals surface area contributed by atoms with E-state index in [2.05, 4.69) is 335 Å². The number of hydrogen-bond acceptors (Lipinski definition) is 1. The van der Waals surface area contributed by atoms with E-state index in [-0.39, 0.29) is 0 Å². The molecule has 2 nitrogen and oxygen atoms in total. The van der Waals surface area contributed by atoms with Gasteiger partial charge in [-0.25, -0.2) is 4.21 Å². The van der Waals surface area contributed by atoms with Crippen molar-refractivity contribution >= 4 is 346 Å². The lowest BCUT2D eigenvalue weighted by Gasteiger charge is -2.59. The Labute approximate surface area is 376 Å². The van der Waals surface area contributed by atoms with Gasteiger partial charge in [-0.15, -0.1) is 0 Å². The van der Waals surface area contributed by atoms with Crippen LogP contribution in [-0.2, 0) is 11.1 Å². The van der Waals surface area contributed by atoms with E-state index in [9.17, 15) is 8.76 Å². The molecule has 1 unspecified atom stereocenters. The van der Waals surface area contributed by atoms with Crippen molar-refractivity contribution in [2.75, 3.05) is 0 Å². The maximum Gasteiger partial charge on any atom is 0.207 e. The molecule has 0 bridgehead atoms. The summed E-state index contributed by atoms with van der Waals surface area (Å²) in [4.78, 5) is 0. The Bertz CT molecular complexity index is 794. The van der Waals surface area contributed by atoms with Crippen LogP contribution in [0.25, 0.3) is 0 Å². The van der Waals surface area contributed by atoms with Crippen LogP contribution < -0.4 is 0 Å². The molecule has 0 aromatic heterocycles. The summed E-state index contributed by atoms with van der Waals surface area (Å²) in [6, 6.07) is 0. The number of rotatable bonds is 9. The molecule has 0 saturated heterocycles. The van der Waals surface area contributed by atoms with Gasteiger partial charge in [0.05, 0.1) is 0 Å². The third-order valence-electron chi connectivity index (χ3n) is 3.70. The summed E-state index contributed by atoms with van der Waals surface area (Å²) in [7, 11) is 0. The van der Waals surface area contributed by atoms with E-state index in [4.69, 9.17) is 0 Å². The van der Waals surface area contributed by atoms with Crippen molar-refractivity contribution in [2.24, 2.45) is 0 Å². The fourth-order valence-corrected chi connectivity index (χ4v) is 22.0. The van der Waals surface area contributed by atoms with Gasteiger partial charge in [-0.3, -0.25) is 0 Å². The minimum atomic E-state index is -2.41. The molecule has 0 saturated carbocycles. The molecule has 0 aliphatic heterocycles. The maximum absolute atomic E-state index is 12.2. The molecule has 0 fully saturated rings. The summed E-state index contributed by atoms with van der Waals surface area (Å²) in [6.45, 7) is 0. The van der Waals surface area contributed by atoms with E-state index < -0.39 is 41.7 Å². The quantitative estimate of drug-likeness (QED) is 0.185. The first-order valence-electron chi connectivity index (χ1n) is 6.77. The first kappa shape index (κ1) is 44.2. The minimum absolute atomic E-state index is 0.872. The first-order chi connectivity index (χ1) is 14.2. The molecule has 206 valence electrons. The van der Waals surface area contributed by atoms with Crippen molar-refractivity contribution < 1.29 is 8.76 Å². The first-order valence-corrected chi connectivity index (χ1v) is 24.5. The summed E-state index contributed by atoms with van der Waals surface area (Å²) >= 11 is 74.5. The lowest BCUT2D eigenvalue weighted by atomic mass is 10.1. The highest BCUT2D eigenvalue weighted by molar-refractivity contribution is 9.42. The van der Waals surface area contributed by atoms with Crippen molar-refractivity contribution in [3.05, 3.63) is 0 Å². The molecule has 0 aliphatic rings. The highest BCUT2D eigenvalue weighted by Crippen LogP contribution is 2.80. The molecule has 0 aliphatic carbocycles. The topological polar surface area (TPSA) is 37.3 Å². The average Bonchev–Trinajstić information content (AvgIpc) is 2.58. The van der Waals surface area contributed by atoms with Crippen molar-refractivity contribution in [1.82, 2.24) is 0 Å². The van der Waals surface area contributed by atoms with Crippen LogP contribution in [0.3, 0.4) is 0 Å². The summed E-state index contributed by atoms with van der Waals surface area (Å²) in [6.07, 6.45) is 0. The van der Waals surface area contributed by atoms with Gasteiger partial charge < -0.3 is 4.55 Å². The van der Waals surface area contributed by atoms with E-state index in [1.165, 1.54) is 0 Å². The van der Waals surface area contributed by atoms with Gasteiger partial charge in [0.2, 0.25) is 2.57 Å². The molecule has 0 aromatic rings. The van der Waals surface area contributed by atoms with Crippen LogP contribution in [-0.4, -0.2) is 39.3 Å². The Morgan fingerprint density at radius 3 is 0.706 bits per heavy atom. The fourth-order valence-electron chi connectivity index (χ4n) is 1.65. The van der Waals surface area contributed by atoms with Gasteiger partial charge in [0.15, 0.2) is 13.2 Å². The summed E-state index contributed by atoms with van der Waals surface area (Å²) in [5.74, 6) is 0. The van der Waals surface area contributed by atoms with Crippen LogP contribution >= 0.6 is 335 Å². The average molecular weight is 1860 g/mol. The Balaban J connectivity index is 7.11. The summed E-state index contributed by atoms with van der Waals surface area (Å²) in [5.41, 5.74) is 0. The largest absolute Gasteiger partial charge is 0.304 e. The number of alkyl halides is 21. The SMILES string of the molecule is O=S(O)C(Br)(Br)C(Br)(Br)C(Br)(Br)C(Br)(Br)C(Br)(Br)C(Br)(Br)C(Br)(Br)C(Br)(Br)C(Br)(Br)C(Br)(Br)Br. The Morgan fingerprint density at radius 2 is 0.529 bits per heavy atom. The number of hydrogen-bond donors (Lipinski definition) is 1. The highest BCUT2D eigenvalue weighted by Gasteiger charge is 2.80. The molecule has 0 spiro atoms. The van der Waals surface area contributed by atoms with Gasteiger partial charge in [0.25, 0.3) is 0 Å². The zero-order chi connectivity index (χ0) is 28.6. The molecule has 0 rings (SSSR count). The Hall–Kier alpha value is 10.2. The van der Waals surface area contributed by atoms with Crippen LogP contribution in [0.2, 0.25) is 0 Å². The maximum atomic E-state index is 12.2. The molecule has 1 atom stereocenters. The summed E-state index contributed by atoms with van der Waals surface area (Å²) < 4.78 is 9.95. The van der Waals surface area contributed by atoms with E-state index >= 15 is 0 Å². The second kappa shape index (κ2) is 14.4. The molecule has 1 N–H and O–H groups in total. The molecule has 0 aromatic carbocycles. The van der Waals surface area contributed by atoms with Crippen LogP contribution in [0.5, 0.6) is 0 Å². The molecule has 0 amide bonds. The van der Waals surface area contributed by atoms with Gasteiger partial charge in [0, 0.05) is 0 Å². The Kier molecular flexibility index (Phi) is 18.7. The van der Waals surface area contributed by atoms with Crippen molar-refractivity contribution in [3.8, 4) is 0 Å². The van der Waals surface area contributed by atoms with Crippen molar-refractivity contribution in [1.29, 1.82) is 0 Å². The zero-order valence-corrected chi connectivity index (χ0v) is 48.3. The van der Waals surface area contributed by atoms with Crippen LogP contribution in [0.1, 0.15) is 0 Å². The Morgan fingerprint density at radius 1 is 0.353 bits per heavy atom.